The summed E-state index contributed by atoms with van der Waals surface area (Å²) in [4.78, 5) is 21.3. The molecule has 0 saturated carbocycles. The SMILES string of the molecule is O=Cc1ccc(OCc2occc2C(=O)O)c(F)c1. The second-order valence-electron chi connectivity index (χ2n) is 3.66. The molecule has 0 aliphatic heterocycles. The average Bonchev–Trinajstić information content (AvgIpc) is 2.85. The quantitative estimate of drug-likeness (QED) is 0.839. The maximum absolute atomic E-state index is 13.5. The lowest BCUT2D eigenvalue weighted by molar-refractivity contribution is 0.0691. The van der Waals surface area contributed by atoms with E-state index in [1.54, 1.807) is 0 Å². The van der Waals surface area contributed by atoms with Crippen LogP contribution in [0.1, 0.15) is 26.5 Å². The van der Waals surface area contributed by atoms with Crippen LogP contribution in [0.3, 0.4) is 0 Å². The normalized spacial score (nSPS) is 10.2. The van der Waals surface area contributed by atoms with Gasteiger partial charge in [-0.2, -0.15) is 0 Å². The van der Waals surface area contributed by atoms with Crippen molar-refractivity contribution in [3.63, 3.8) is 0 Å². The van der Waals surface area contributed by atoms with E-state index >= 15 is 0 Å². The van der Waals surface area contributed by atoms with Gasteiger partial charge >= 0.3 is 5.97 Å². The van der Waals surface area contributed by atoms with Crippen LogP contribution in [0.15, 0.2) is 34.9 Å². The zero-order valence-corrected chi connectivity index (χ0v) is 9.63. The molecule has 0 saturated heterocycles. The lowest BCUT2D eigenvalue weighted by Crippen LogP contribution is -2.03. The molecule has 1 aromatic carbocycles. The largest absolute Gasteiger partial charge is 0.483 e. The van der Waals surface area contributed by atoms with E-state index in [2.05, 4.69) is 0 Å². The van der Waals surface area contributed by atoms with Crippen LogP contribution in [0, 0.1) is 5.82 Å². The van der Waals surface area contributed by atoms with Crippen molar-refractivity contribution in [3.8, 4) is 5.75 Å². The van der Waals surface area contributed by atoms with E-state index in [1.807, 2.05) is 0 Å². The predicted molar refractivity (Wildman–Crippen MR) is 61.8 cm³/mol. The van der Waals surface area contributed by atoms with Gasteiger partial charge in [-0.1, -0.05) is 0 Å². The number of carboxylic acid groups (broad SMARTS) is 1. The van der Waals surface area contributed by atoms with Gasteiger partial charge in [0.2, 0.25) is 0 Å². The summed E-state index contributed by atoms with van der Waals surface area (Å²) in [6.45, 7) is -0.216. The van der Waals surface area contributed by atoms with Gasteiger partial charge in [0.1, 0.15) is 18.5 Å². The summed E-state index contributed by atoms with van der Waals surface area (Å²) in [5.74, 6) is -1.85. The lowest BCUT2D eigenvalue weighted by atomic mass is 10.2. The molecule has 98 valence electrons. The van der Waals surface area contributed by atoms with Crippen molar-refractivity contribution in [1.29, 1.82) is 0 Å². The molecule has 0 atom stereocenters. The average molecular weight is 264 g/mol. The molecule has 0 amide bonds. The van der Waals surface area contributed by atoms with Crippen LogP contribution in [-0.4, -0.2) is 17.4 Å². The van der Waals surface area contributed by atoms with Crippen molar-refractivity contribution < 1.29 is 28.2 Å². The fourth-order valence-corrected chi connectivity index (χ4v) is 1.49. The summed E-state index contributed by atoms with van der Waals surface area (Å²) < 4.78 is 23.6. The number of aromatic carboxylic acids is 1. The summed E-state index contributed by atoms with van der Waals surface area (Å²) in [5.41, 5.74) is 0.152. The summed E-state index contributed by atoms with van der Waals surface area (Å²) >= 11 is 0. The third kappa shape index (κ3) is 2.79. The Balaban J connectivity index is 2.12. The molecule has 0 spiro atoms. The molecule has 2 aromatic rings. The van der Waals surface area contributed by atoms with Gasteiger partial charge in [-0.25, -0.2) is 9.18 Å². The van der Waals surface area contributed by atoms with Gasteiger partial charge in [-0.05, 0) is 24.3 Å². The van der Waals surface area contributed by atoms with Gasteiger partial charge in [0.05, 0.1) is 6.26 Å². The highest BCUT2D eigenvalue weighted by atomic mass is 19.1. The zero-order valence-electron chi connectivity index (χ0n) is 9.63. The van der Waals surface area contributed by atoms with Crippen molar-refractivity contribution in [3.05, 3.63) is 53.2 Å². The first kappa shape index (κ1) is 12.8. The van der Waals surface area contributed by atoms with Crippen LogP contribution in [-0.2, 0) is 6.61 Å². The first-order valence-corrected chi connectivity index (χ1v) is 5.29. The van der Waals surface area contributed by atoms with Gasteiger partial charge in [0.25, 0.3) is 0 Å². The maximum Gasteiger partial charge on any atom is 0.339 e. The number of furan rings is 1. The van der Waals surface area contributed by atoms with E-state index in [0.29, 0.717) is 6.29 Å². The van der Waals surface area contributed by atoms with Gasteiger partial charge in [-0.3, -0.25) is 4.79 Å². The Labute approximate surface area is 107 Å². The number of aldehydes is 1. The molecule has 0 fully saturated rings. The molecule has 2 rings (SSSR count). The Morgan fingerprint density at radius 1 is 1.42 bits per heavy atom. The van der Waals surface area contributed by atoms with Crippen LogP contribution in [0.4, 0.5) is 4.39 Å². The summed E-state index contributed by atoms with van der Waals surface area (Å²) in [6.07, 6.45) is 1.73. The molecule has 0 aliphatic carbocycles. The molecule has 0 aliphatic rings. The number of carbonyl (C=O) groups excluding carboxylic acids is 1. The number of carbonyl (C=O) groups is 2. The molecular formula is C13H9FO5. The van der Waals surface area contributed by atoms with Gasteiger partial charge in [0, 0.05) is 5.56 Å². The van der Waals surface area contributed by atoms with Gasteiger partial charge < -0.3 is 14.3 Å². The monoisotopic (exact) mass is 264 g/mol. The zero-order chi connectivity index (χ0) is 13.8. The molecular weight excluding hydrogens is 255 g/mol. The minimum atomic E-state index is -1.15. The molecule has 19 heavy (non-hydrogen) atoms. The van der Waals surface area contributed by atoms with Crippen LogP contribution in [0.2, 0.25) is 0 Å². The predicted octanol–water partition coefficient (Wildman–Crippen LogP) is 2.51. The van der Waals surface area contributed by atoms with Crippen LogP contribution in [0.5, 0.6) is 5.75 Å². The number of benzene rings is 1. The van der Waals surface area contributed by atoms with Crippen molar-refractivity contribution in [2.45, 2.75) is 6.61 Å². The second-order valence-corrected chi connectivity index (χ2v) is 3.66. The highest BCUT2D eigenvalue weighted by molar-refractivity contribution is 5.88. The number of ether oxygens (including phenoxy) is 1. The Morgan fingerprint density at radius 2 is 2.21 bits per heavy atom. The van der Waals surface area contributed by atoms with E-state index in [9.17, 15) is 14.0 Å². The van der Waals surface area contributed by atoms with Crippen LogP contribution in [0.25, 0.3) is 0 Å². The number of halogens is 1. The Hall–Kier alpha value is -2.63. The summed E-state index contributed by atoms with van der Waals surface area (Å²) in [5, 5.41) is 8.85. The van der Waals surface area contributed by atoms with Crippen molar-refractivity contribution in [1.82, 2.24) is 0 Å². The molecule has 0 bridgehead atoms. The third-order valence-corrected chi connectivity index (χ3v) is 2.43. The highest BCUT2D eigenvalue weighted by Gasteiger charge is 2.14. The first-order chi connectivity index (χ1) is 9.11. The van der Waals surface area contributed by atoms with Crippen molar-refractivity contribution in [2.24, 2.45) is 0 Å². The molecule has 5 nitrogen and oxygen atoms in total. The van der Waals surface area contributed by atoms with E-state index in [0.717, 1.165) is 6.07 Å². The van der Waals surface area contributed by atoms with Crippen LogP contribution >= 0.6 is 0 Å². The van der Waals surface area contributed by atoms with Crippen LogP contribution < -0.4 is 4.74 Å². The number of carboxylic acids is 1. The van der Waals surface area contributed by atoms with Gasteiger partial charge in [0.15, 0.2) is 17.3 Å². The number of rotatable bonds is 5. The van der Waals surface area contributed by atoms with Crippen molar-refractivity contribution >= 4 is 12.3 Å². The first-order valence-electron chi connectivity index (χ1n) is 5.29. The Bertz CT molecular complexity index is 617. The fraction of sp³-hybridized carbons (Fsp3) is 0.0769. The topological polar surface area (TPSA) is 76.7 Å². The highest BCUT2D eigenvalue weighted by Crippen LogP contribution is 2.20. The summed E-state index contributed by atoms with van der Waals surface area (Å²) in [7, 11) is 0. The lowest BCUT2D eigenvalue weighted by Gasteiger charge is -2.06. The smallest absolute Gasteiger partial charge is 0.339 e. The van der Waals surface area contributed by atoms with E-state index in [1.165, 1.54) is 24.5 Å². The number of hydrogen-bond acceptors (Lipinski definition) is 4. The molecule has 0 unspecified atom stereocenters. The standard InChI is InChI=1S/C13H9FO5/c14-10-5-8(6-15)1-2-11(10)19-7-12-9(13(16)17)3-4-18-12/h1-6H,7H2,(H,16,17). The molecule has 1 heterocycles. The Kier molecular flexibility index (Phi) is 3.61. The van der Waals surface area contributed by atoms with Gasteiger partial charge in [-0.15, -0.1) is 0 Å². The molecule has 6 heteroatoms. The maximum atomic E-state index is 13.5. The minimum absolute atomic E-state index is 0.0371. The van der Waals surface area contributed by atoms with Crippen molar-refractivity contribution in [2.75, 3.05) is 0 Å². The minimum Gasteiger partial charge on any atom is -0.483 e. The van der Waals surface area contributed by atoms with E-state index < -0.39 is 11.8 Å². The summed E-state index contributed by atoms with van der Waals surface area (Å²) in [6, 6.07) is 5.00. The third-order valence-electron chi connectivity index (χ3n) is 2.43. The fourth-order valence-electron chi connectivity index (χ4n) is 1.49. The van der Waals surface area contributed by atoms with E-state index in [-0.39, 0.29) is 29.2 Å². The van der Waals surface area contributed by atoms with E-state index in [4.69, 9.17) is 14.3 Å². The Morgan fingerprint density at radius 3 is 2.84 bits per heavy atom. The molecule has 1 aromatic heterocycles. The molecule has 1 N–H and O–H groups in total. The second kappa shape index (κ2) is 5.34. The number of hydrogen-bond donors (Lipinski definition) is 1. The molecule has 0 radical (unpaired) electrons.